The van der Waals surface area contributed by atoms with E-state index in [9.17, 15) is 0 Å². The van der Waals surface area contributed by atoms with Gasteiger partial charge in [-0.05, 0) is 80.0 Å². The van der Waals surface area contributed by atoms with Gasteiger partial charge in [-0.2, -0.15) is 0 Å². The van der Waals surface area contributed by atoms with Gasteiger partial charge in [-0.1, -0.05) is 59.3 Å². The molecule has 0 radical (unpaired) electrons. The Labute approximate surface area is 139 Å². The smallest absolute Gasteiger partial charge is 0.0360 e. The van der Waals surface area contributed by atoms with Crippen LogP contribution in [0.15, 0.2) is 0 Å². The average molecular weight is 305 g/mol. The Balaban J connectivity index is 1.61. The zero-order chi connectivity index (χ0) is 15.5. The van der Waals surface area contributed by atoms with Crippen molar-refractivity contribution in [2.45, 2.75) is 97.8 Å². The van der Waals surface area contributed by atoms with Crippen LogP contribution in [0.1, 0.15) is 97.8 Å². The topological polar surface area (TPSA) is 0 Å². The van der Waals surface area contributed by atoms with E-state index < -0.39 is 0 Å². The maximum Gasteiger partial charge on any atom is -0.0360 e. The summed E-state index contributed by atoms with van der Waals surface area (Å²) in [5, 5.41) is 0. The summed E-state index contributed by atoms with van der Waals surface area (Å²) in [4.78, 5) is 0. The molecule has 3 aliphatic carbocycles. The fourth-order valence-corrected chi connectivity index (χ4v) is 6.55. The molecule has 0 aliphatic heterocycles. The highest BCUT2D eigenvalue weighted by Crippen LogP contribution is 2.47. The van der Waals surface area contributed by atoms with Crippen LogP contribution in [-0.4, -0.2) is 0 Å². The fraction of sp³-hybridized carbons (Fsp3) is 1.00. The van der Waals surface area contributed by atoms with Crippen molar-refractivity contribution in [2.24, 2.45) is 41.4 Å². The van der Waals surface area contributed by atoms with Crippen LogP contribution >= 0.6 is 0 Å². The van der Waals surface area contributed by atoms with Crippen molar-refractivity contribution in [3.05, 3.63) is 0 Å². The number of hydrogen-bond acceptors (Lipinski definition) is 0. The zero-order valence-electron chi connectivity index (χ0n) is 15.5. The van der Waals surface area contributed by atoms with Gasteiger partial charge >= 0.3 is 0 Å². The Kier molecular flexibility index (Phi) is 5.91. The van der Waals surface area contributed by atoms with Crippen molar-refractivity contribution in [1.82, 2.24) is 0 Å². The van der Waals surface area contributed by atoms with Crippen LogP contribution < -0.4 is 0 Å². The second-order valence-corrected chi connectivity index (χ2v) is 9.32. The summed E-state index contributed by atoms with van der Waals surface area (Å²) in [6.45, 7) is 7.53. The highest BCUT2D eigenvalue weighted by molar-refractivity contribution is 4.87. The normalized spacial score (nSPS) is 47.3. The Bertz CT molecular complexity index is 325. The number of rotatable bonds is 2. The molecule has 0 N–H and O–H groups in total. The molecule has 0 spiro atoms. The van der Waals surface area contributed by atoms with E-state index in [1.54, 1.807) is 38.5 Å². The molecule has 0 amide bonds. The molecule has 22 heavy (non-hydrogen) atoms. The van der Waals surface area contributed by atoms with Gasteiger partial charge in [-0.15, -0.1) is 0 Å². The fourth-order valence-electron chi connectivity index (χ4n) is 6.55. The Hall–Kier alpha value is 0. The third-order valence-corrected chi connectivity index (χ3v) is 8.20. The first-order valence-corrected chi connectivity index (χ1v) is 10.7. The van der Waals surface area contributed by atoms with Gasteiger partial charge in [-0.25, -0.2) is 0 Å². The maximum absolute atomic E-state index is 2.60. The van der Waals surface area contributed by atoms with Crippen LogP contribution in [0, 0.1) is 41.4 Å². The van der Waals surface area contributed by atoms with Crippen LogP contribution in [-0.2, 0) is 0 Å². The lowest BCUT2D eigenvalue weighted by atomic mass is 9.69. The van der Waals surface area contributed by atoms with E-state index in [-0.39, 0.29) is 0 Å². The van der Waals surface area contributed by atoms with Crippen molar-refractivity contribution in [3.63, 3.8) is 0 Å². The lowest BCUT2D eigenvalue weighted by Gasteiger charge is -2.37. The quantitative estimate of drug-likeness (QED) is 0.511. The van der Waals surface area contributed by atoms with Crippen LogP contribution in [0.5, 0.6) is 0 Å². The molecule has 0 aromatic rings. The molecule has 0 heterocycles. The van der Waals surface area contributed by atoms with E-state index in [1.165, 1.54) is 38.5 Å². The Morgan fingerprint density at radius 2 is 1.14 bits per heavy atom. The SMILES string of the molecule is CCC1CCC(C2CCC3CCC(C)C3CCCC2C)CC1. The lowest BCUT2D eigenvalue weighted by molar-refractivity contribution is 0.138. The number of hydrogen-bond donors (Lipinski definition) is 0. The summed E-state index contributed by atoms with van der Waals surface area (Å²) < 4.78 is 0. The van der Waals surface area contributed by atoms with E-state index in [2.05, 4.69) is 20.8 Å². The van der Waals surface area contributed by atoms with Gasteiger partial charge in [0, 0.05) is 0 Å². The molecule has 0 bridgehead atoms. The van der Waals surface area contributed by atoms with Crippen molar-refractivity contribution in [2.75, 3.05) is 0 Å². The summed E-state index contributed by atoms with van der Waals surface area (Å²) in [6.07, 6.45) is 18.4. The van der Waals surface area contributed by atoms with Crippen LogP contribution in [0.2, 0.25) is 0 Å². The predicted octanol–water partition coefficient (Wildman–Crippen LogP) is 7.08. The molecule has 3 rings (SSSR count). The van der Waals surface area contributed by atoms with Crippen LogP contribution in [0.25, 0.3) is 0 Å². The maximum atomic E-state index is 2.60. The Morgan fingerprint density at radius 1 is 0.591 bits per heavy atom. The van der Waals surface area contributed by atoms with Gasteiger partial charge in [0.05, 0.1) is 0 Å². The van der Waals surface area contributed by atoms with Gasteiger partial charge in [0.2, 0.25) is 0 Å². The minimum absolute atomic E-state index is 0.998. The second kappa shape index (κ2) is 7.71. The molecule has 0 aromatic carbocycles. The van der Waals surface area contributed by atoms with Gasteiger partial charge in [0.15, 0.2) is 0 Å². The minimum Gasteiger partial charge on any atom is -0.0651 e. The molecule has 0 aromatic heterocycles. The van der Waals surface area contributed by atoms with E-state index in [1.807, 2.05) is 0 Å². The van der Waals surface area contributed by atoms with Crippen molar-refractivity contribution in [1.29, 1.82) is 0 Å². The van der Waals surface area contributed by atoms with Gasteiger partial charge in [0.25, 0.3) is 0 Å². The van der Waals surface area contributed by atoms with Gasteiger partial charge in [-0.3, -0.25) is 0 Å². The molecule has 128 valence electrons. The van der Waals surface area contributed by atoms with Crippen molar-refractivity contribution < 1.29 is 0 Å². The van der Waals surface area contributed by atoms with Gasteiger partial charge < -0.3 is 0 Å². The molecule has 0 heteroatoms. The summed E-state index contributed by atoms with van der Waals surface area (Å²) in [6, 6.07) is 0. The lowest BCUT2D eigenvalue weighted by Crippen LogP contribution is -2.26. The van der Waals surface area contributed by atoms with E-state index in [0.717, 1.165) is 41.4 Å². The third kappa shape index (κ3) is 3.73. The Morgan fingerprint density at radius 3 is 1.82 bits per heavy atom. The van der Waals surface area contributed by atoms with E-state index >= 15 is 0 Å². The van der Waals surface area contributed by atoms with Crippen LogP contribution in [0.3, 0.4) is 0 Å². The molecule has 5 atom stereocenters. The molecule has 3 fully saturated rings. The standard InChI is InChI=1S/C22H40/c1-4-18-9-12-20(13-10-18)22-15-14-19-11-8-17(3)21(19)7-5-6-16(22)2/h16-22H,4-15H2,1-3H3. The highest BCUT2D eigenvalue weighted by atomic mass is 14.4. The molecule has 0 nitrogen and oxygen atoms in total. The van der Waals surface area contributed by atoms with Crippen LogP contribution in [0.4, 0.5) is 0 Å². The van der Waals surface area contributed by atoms with Crippen molar-refractivity contribution in [3.8, 4) is 0 Å². The third-order valence-electron chi connectivity index (χ3n) is 8.20. The molecule has 3 saturated carbocycles. The highest BCUT2D eigenvalue weighted by Gasteiger charge is 2.37. The zero-order valence-corrected chi connectivity index (χ0v) is 15.5. The molecular formula is C22H40. The summed E-state index contributed by atoms with van der Waals surface area (Å²) in [5.41, 5.74) is 0. The summed E-state index contributed by atoms with van der Waals surface area (Å²) in [7, 11) is 0. The molecular weight excluding hydrogens is 264 g/mol. The first-order valence-electron chi connectivity index (χ1n) is 10.7. The second-order valence-electron chi connectivity index (χ2n) is 9.32. The average Bonchev–Trinajstić information content (AvgIpc) is 2.91. The minimum atomic E-state index is 0.998. The largest absolute Gasteiger partial charge is 0.0651 e. The first-order chi connectivity index (χ1) is 10.7. The van der Waals surface area contributed by atoms with Gasteiger partial charge in [0.1, 0.15) is 0 Å². The molecule has 5 unspecified atom stereocenters. The van der Waals surface area contributed by atoms with Crippen molar-refractivity contribution >= 4 is 0 Å². The predicted molar refractivity (Wildman–Crippen MR) is 96.9 cm³/mol. The van der Waals surface area contributed by atoms with E-state index in [0.29, 0.717) is 0 Å². The summed E-state index contributed by atoms with van der Waals surface area (Å²) >= 11 is 0. The first kappa shape index (κ1) is 16.8. The molecule has 3 aliphatic rings. The molecule has 0 saturated heterocycles. The summed E-state index contributed by atoms with van der Waals surface area (Å²) in [5.74, 6) is 7.40. The van der Waals surface area contributed by atoms with E-state index in [4.69, 9.17) is 0 Å². The monoisotopic (exact) mass is 304 g/mol. The number of fused-ring (bicyclic) bond motifs is 1.